The van der Waals surface area contributed by atoms with Gasteiger partial charge in [-0.3, -0.25) is 0 Å². The second kappa shape index (κ2) is 4.55. The maximum absolute atomic E-state index is 12.7. The van der Waals surface area contributed by atoms with Gasteiger partial charge < -0.3 is 0 Å². The fraction of sp³-hybridized carbons (Fsp3) is 0.182. The lowest BCUT2D eigenvalue weighted by molar-refractivity contribution is -0.138. The molecule has 0 radical (unpaired) electrons. The first-order chi connectivity index (χ1) is 7.93. The number of halogens is 3. The Morgan fingerprint density at radius 1 is 1.29 bits per heavy atom. The van der Waals surface area contributed by atoms with Gasteiger partial charge in [-0.05, 0) is 17.7 Å². The first-order valence-electron chi connectivity index (χ1n) is 4.32. The van der Waals surface area contributed by atoms with Crippen molar-refractivity contribution in [2.24, 2.45) is 0 Å². The monoisotopic (exact) mass is 235 g/mol. The molecule has 1 rings (SSSR count). The van der Waals surface area contributed by atoms with Gasteiger partial charge in [-0.15, -0.1) is 0 Å². The highest BCUT2D eigenvalue weighted by atomic mass is 19.4. The molecule has 0 unspecified atom stereocenters. The molecule has 0 fully saturated rings. The van der Waals surface area contributed by atoms with Crippen LogP contribution in [0.3, 0.4) is 0 Å². The number of nitrogens with zero attached hydrogens (tertiary/aromatic N) is 3. The zero-order valence-corrected chi connectivity index (χ0v) is 8.34. The van der Waals surface area contributed by atoms with E-state index in [1.807, 2.05) is 0 Å². The Bertz CT molecular complexity index is 568. The Morgan fingerprint density at radius 3 is 2.35 bits per heavy atom. The fourth-order valence-corrected chi connectivity index (χ4v) is 1.34. The maximum Gasteiger partial charge on any atom is 0.415 e. The molecule has 0 aliphatic rings. The van der Waals surface area contributed by atoms with E-state index in [2.05, 4.69) is 4.85 Å². The Balaban J connectivity index is 3.62. The molecule has 0 N–H and O–H groups in total. The summed E-state index contributed by atoms with van der Waals surface area (Å²) >= 11 is 0. The van der Waals surface area contributed by atoms with Crippen LogP contribution in [0.5, 0.6) is 0 Å². The fourth-order valence-electron chi connectivity index (χ4n) is 1.34. The Kier molecular flexibility index (Phi) is 3.36. The topological polar surface area (TPSA) is 51.9 Å². The van der Waals surface area contributed by atoms with Gasteiger partial charge in [-0.1, -0.05) is 0 Å². The summed E-state index contributed by atoms with van der Waals surface area (Å²) in [6.45, 7) is 6.67. The van der Waals surface area contributed by atoms with Gasteiger partial charge in [-0.2, -0.15) is 23.7 Å². The first-order valence-corrected chi connectivity index (χ1v) is 4.32. The highest BCUT2D eigenvalue weighted by molar-refractivity contribution is 5.58. The Morgan fingerprint density at radius 2 is 1.94 bits per heavy atom. The molecule has 0 saturated heterocycles. The average Bonchev–Trinajstić information content (AvgIpc) is 2.28. The van der Waals surface area contributed by atoms with Gasteiger partial charge in [-0.25, -0.2) is 4.85 Å². The molecule has 6 heteroatoms. The predicted octanol–water partition coefficient (Wildman–Crippen LogP) is 3.19. The van der Waals surface area contributed by atoms with Crippen molar-refractivity contribution in [3.8, 4) is 12.1 Å². The molecule has 0 aromatic heterocycles. The standard InChI is InChI=1S/C11H4F3N3/c1-17-8-4-7(6-16)9(2-3-15)10(5-8)11(12,13)14/h4-5H,2H2. The van der Waals surface area contributed by atoms with Crippen molar-refractivity contribution in [1.82, 2.24) is 0 Å². The lowest BCUT2D eigenvalue weighted by atomic mass is 9.98. The second-order valence-electron chi connectivity index (χ2n) is 3.08. The summed E-state index contributed by atoms with van der Waals surface area (Å²) in [5, 5.41) is 17.2. The van der Waals surface area contributed by atoms with Crippen LogP contribution in [0.1, 0.15) is 16.7 Å². The van der Waals surface area contributed by atoms with Crippen LogP contribution in [0.25, 0.3) is 4.85 Å². The first kappa shape index (κ1) is 12.5. The van der Waals surface area contributed by atoms with E-state index < -0.39 is 18.2 Å². The minimum atomic E-state index is -4.68. The van der Waals surface area contributed by atoms with Crippen molar-refractivity contribution in [2.45, 2.75) is 12.6 Å². The van der Waals surface area contributed by atoms with Crippen molar-refractivity contribution in [2.75, 3.05) is 0 Å². The summed E-state index contributed by atoms with van der Waals surface area (Å²) in [7, 11) is 0. The molecule has 3 nitrogen and oxygen atoms in total. The number of benzene rings is 1. The molecule has 0 amide bonds. The van der Waals surface area contributed by atoms with Crippen molar-refractivity contribution >= 4 is 5.69 Å². The number of rotatable bonds is 1. The lowest BCUT2D eigenvalue weighted by Gasteiger charge is -2.12. The van der Waals surface area contributed by atoms with E-state index in [1.165, 1.54) is 0 Å². The van der Waals surface area contributed by atoms with Crippen LogP contribution in [0, 0.1) is 29.2 Å². The number of alkyl halides is 3. The van der Waals surface area contributed by atoms with Gasteiger partial charge in [0.2, 0.25) is 0 Å². The third kappa shape index (κ3) is 2.53. The van der Waals surface area contributed by atoms with E-state index >= 15 is 0 Å². The molecule has 17 heavy (non-hydrogen) atoms. The highest BCUT2D eigenvalue weighted by Gasteiger charge is 2.34. The summed E-state index contributed by atoms with van der Waals surface area (Å²) in [5.41, 5.74) is -2.03. The third-order valence-corrected chi connectivity index (χ3v) is 2.05. The number of hydrogen-bond acceptors (Lipinski definition) is 2. The van der Waals surface area contributed by atoms with Crippen LogP contribution >= 0.6 is 0 Å². The molecular weight excluding hydrogens is 231 g/mol. The minimum Gasteiger partial charge on any atom is -0.238 e. The highest BCUT2D eigenvalue weighted by Crippen LogP contribution is 2.36. The van der Waals surface area contributed by atoms with Crippen LogP contribution in [0.4, 0.5) is 18.9 Å². The molecule has 0 heterocycles. The molecule has 84 valence electrons. The normalized spacial score (nSPS) is 10.1. The molecule has 0 saturated carbocycles. The Labute approximate surface area is 95.1 Å². The van der Waals surface area contributed by atoms with Crippen LogP contribution in [0.15, 0.2) is 12.1 Å². The molecular formula is C11H4F3N3. The molecule has 1 aromatic rings. The van der Waals surface area contributed by atoms with Crippen LogP contribution in [-0.2, 0) is 12.6 Å². The van der Waals surface area contributed by atoms with Gasteiger partial charge >= 0.3 is 6.18 Å². The predicted molar refractivity (Wildman–Crippen MR) is 51.7 cm³/mol. The minimum absolute atomic E-state index is 0.268. The summed E-state index contributed by atoms with van der Waals surface area (Å²) in [5.74, 6) is 0. The van der Waals surface area contributed by atoms with Gasteiger partial charge in [0, 0.05) is 5.56 Å². The zero-order valence-electron chi connectivity index (χ0n) is 8.34. The van der Waals surface area contributed by atoms with Gasteiger partial charge in [0.15, 0.2) is 5.69 Å². The number of nitriles is 2. The van der Waals surface area contributed by atoms with E-state index in [-0.39, 0.29) is 16.8 Å². The summed E-state index contributed by atoms with van der Waals surface area (Å²) in [6.07, 6.45) is -5.20. The van der Waals surface area contributed by atoms with E-state index in [1.54, 1.807) is 12.1 Å². The second-order valence-corrected chi connectivity index (χ2v) is 3.08. The van der Waals surface area contributed by atoms with Crippen molar-refractivity contribution in [3.63, 3.8) is 0 Å². The van der Waals surface area contributed by atoms with Crippen molar-refractivity contribution in [1.29, 1.82) is 10.5 Å². The van der Waals surface area contributed by atoms with Gasteiger partial charge in [0.1, 0.15) is 0 Å². The van der Waals surface area contributed by atoms with Crippen molar-refractivity contribution in [3.05, 3.63) is 40.2 Å². The molecule has 0 aliphatic heterocycles. The molecule has 0 bridgehead atoms. The largest absolute Gasteiger partial charge is 0.415 e. The summed E-state index contributed by atoms with van der Waals surface area (Å²) in [6, 6.07) is 4.86. The molecule has 1 aromatic carbocycles. The lowest BCUT2D eigenvalue weighted by Crippen LogP contribution is -2.10. The van der Waals surface area contributed by atoms with Crippen molar-refractivity contribution < 1.29 is 13.2 Å². The molecule has 0 spiro atoms. The number of hydrogen-bond donors (Lipinski definition) is 0. The van der Waals surface area contributed by atoms with Crippen LogP contribution in [0.2, 0.25) is 0 Å². The van der Waals surface area contributed by atoms with Crippen LogP contribution < -0.4 is 0 Å². The van der Waals surface area contributed by atoms with Gasteiger partial charge in [0.05, 0.1) is 30.7 Å². The van der Waals surface area contributed by atoms with E-state index in [9.17, 15) is 13.2 Å². The van der Waals surface area contributed by atoms with E-state index in [4.69, 9.17) is 17.1 Å². The zero-order chi connectivity index (χ0) is 13.1. The van der Waals surface area contributed by atoms with Crippen LogP contribution in [-0.4, -0.2) is 0 Å². The van der Waals surface area contributed by atoms with E-state index in [0.717, 1.165) is 6.07 Å². The summed E-state index contributed by atoms with van der Waals surface area (Å²) < 4.78 is 38.0. The molecule has 0 atom stereocenters. The maximum atomic E-state index is 12.7. The summed E-state index contributed by atoms with van der Waals surface area (Å²) in [4.78, 5) is 2.87. The average molecular weight is 235 g/mol. The molecule has 0 aliphatic carbocycles. The van der Waals surface area contributed by atoms with E-state index in [0.29, 0.717) is 6.07 Å². The smallest absolute Gasteiger partial charge is 0.238 e. The SMILES string of the molecule is [C-]#[N+]c1cc(C#N)c(CC#N)c(C(F)(F)F)c1. The quantitative estimate of drug-likeness (QED) is 0.702. The Hall–Kier alpha value is -2.52. The third-order valence-electron chi connectivity index (χ3n) is 2.05. The van der Waals surface area contributed by atoms with Gasteiger partial charge in [0.25, 0.3) is 0 Å².